The van der Waals surface area contributed by atoms with Crippen molar-refractivity contribution in [1.82, 2.24) is 5.43 Å². The number of carbonyl (C=O) groups is 1. The Morgan fingerprint density at radius 2 is 1.64 bits per heavy atom. The lowest BCUT2D eigenvalue weighted by Crippen LogP contribution is -2.17. The molecule has 0 aromatic heterocycles. The Morgan fingerprint density at radius 3 is 2.41 bits per heavy atom. The largest absolute Gasteiger partial charge is 0.493 e. The quantitative estimate of drug-likeness (QED) is 0.125. The van der Waals surface area contributed by atoms with Crippen LogP contribution in [0.5, 0.6) is 17.2 Å². The van der Waals surface area contributed by atoms with Crippen LogP contribution in [0.3, 0.4) is 0 Å². The number of hydrazone groups is 1. The Bertz CT molecular complexity index is 1490. The molecule has 0 heterocycles. The number of methoxy groups -OCH3 is 1. The molecule has 4 aromatic rings. The highest BCUT2D eigenvalue weighted by Gasteiger charge is 2.12. The number of ether oxygens (including phenoxy) is 3. The van der Waals surface area contributed by atoms with Gasteiger partial charge in [0.05, 0.1) is 18.2 Å². The fourth-order valence-corrected chi connectivity index (χ4v) is 3.93. The molecule has 0 aliphatic rings. The first kappa shape index (κ1) is 27.3. The molecule has 1 N–H and O–H groups in total. The average molecular weight is 590 g/mol. The van der Waals surface area contributed by atoms with E-state index in [9.17, 15) is 14.9 Å². The van der Waals surface area contributed by atoms with Gasteiger partial charge in [-0.25, -0.2) is 5.43 Å². The van der Waals surface area contributed by atoms with E-state index in [1.54, 1.807) is 19.2 Å². The Balaban J connectivity index is 1.40. The number of carbonyl (C=O) groups excluding carboxylic acids is 1. The van der Waals surface area contributed by atoms with Crippen molar-refractivity contribution in [2.75, 3.05) is 7.11 Å². The number of hydrogen-bond acceptors (Lipinski definition) is 7. The second kappa shape index (κ2) is 13.2. The molecule has 39 heavy (non-hydrogen) atoms. The second-order valence-corrected chi connectivity index (χ2v) is 9.15. The predicted octanol–water partition coefficient (Wildman–Crippen LogP) is 6.29. The van der Waals surface area contributed by atoms with Crippen LogP contribution in [-0.4, -0.2) is 24.2 Å². The second-order valence-electron chi connectivity index (χ2n) is 8.24. The summed E-state index contributed by atoms with van der Waals surface area (Å²) in [6, 6.07) is 26.3. The van der Waals surface area contributed by atoms with Gasteiger partial charge in [0, 0.05) is 27.7 Å². The number of hydrogen-bond donors (Lipinski definition) is 1. The van der Waals surface area contributed by atoms with Crippen LogP contribution in [-0.2, 0) is 13.2 Å². The van der Waals surface area contributed by atoms with Gasteiger partial charge in [-0.2, -0.15) is 5.10 Å². The molecule has 0 fully saturated rings. The van der Waals surface area contributed by atoms with E-state index in [1.807, 2.05) is 54.6 Å². The number of non-ortho nitro benzene ring substituents is 1. The number of halogens is 1. The normalized spacial score (nSPS) is 10.7. The average Bonchev–Trinajstić information content (AvgIpc) is 2.96. The summed E-state index contributed by atoms with van der Waals surface area (Å²) in [6.45, 7) is 0.671. The maximum Gasteiger partial charge on any atom is 0.271 e. The summed E-state index contributed by atoms with van der Waals surface area (Å²) in [7, 11) is 1.58. The van der Waals surface area contributed by atoms with Gasteiger partial charge >= 0.3 is 0 Å². The number of benzene rings is 4. The Hall–Kier alpha value is -4.70. The number of nitrogens with zero attached hydrogens (tertiary/aromatic N) is 2. The minimum Gasteiger partial charge on any atom is -0.493 e. The van der Waals surface area contributed by atoms with Crippen LogP contribution in [0, 0.1) is 10.1 Å². The Labute approximate surface area is 233 Å². The number of nitro benzene ring substituents is 1. The summed E-state index contributed by atoms with van der Waals surface area (Å²) >= 11 is 3.43. The van der Waals surface area contributed by atoms with Crippen LogP contribution >= 0.6 is 15.9 Å². The molecular formula is C29H24BrN3O6. The van der Waals surface area contributed by atoms with Gasteiger partial charge in [0.2, 0.25) is 0 Å². The lowest BCUT2D eigenvalue weighted by Gasteiger charge is -2.14. The predicted molar refractivity (Wildman–Crippen MR) is 150 cm³/mol. The third-order valence-corrected chi connectivity index (χ3v) is 6.01. The van der Waals surface area contributed by atoms with Crippen molar-refractivity contribution in [3.8, 4) is 17.2 Å². The SMILES string of the molecule is COc1cc(COc2ccc(Br)cc2/C=N/NC(=O)c2cccc([N+](=O)[O-])c2)ccc1OCc1ccccc1. The number of amides is 1. The molecule has 0 bridgehead atoms. The zero-order valence-corrected chi connectivity index (χ0v) is 22.5. The van der Waals surface area contributed by atoms with Gasteiger partial charge in [-0.3, -0.25) is 14.9 Å². The van der Waals surface area contributed by atoms with Crippen molar-refractivity contribution < 1.29 is 23.9 Å². The highest BCUT2D eigenvalue weighted by molar-refractivity contribution is 9.10. The molecule has 1 amide bonds. The van der Waals surface area contributed by atoms with Gasteiger partial charge < -0.3 is 14.2 Å². The van der Waals surface area contributed by atoms with E-state index >= 15 is 0 Å². The number of rotatable bonds is 11. The van der Waals surface area contributed by atoms with Crippen LogP contribution in [0.4, 0.5) is 5.69 Å². The summed E-state index contributed by atoms with van der Waals surface area (Å²) in [5, 5.41) is 15.0. The maximum atomic E-state index is 12.4. The molecule has 0 aliphatic carbocycles. The molecule has 0 saturated heterocycles. The van der Waals surface area contributed by atoms with Gasteiger partial charge in [-0.05, 0) is 47.5 Å². The summed E-state index contributed by atoms with van der Waals surface area (Å²) < 4.78 is 18.3. The highest BCUT2D eigenvalue weighted by atomic mass is 79.9. The zero-order chi connectivity index (χ0) is 27.6. The molecule has 9 nitrogen and oxygen atoms in total. The maximum absolute atomic E-state index is 12.4. The first-order valence-electron chi connectivity index (χ1n) is 11.8. The van der Waals surface area contributed by atoms with Crippen molar-refractivity contribution >= 4 is 33.7 Å². The third kappa shape index (κ3) is 7.65. The van der Waals surface area contributed by atoms with Crippen LogP contribution in [0.15, 0.2) is 101 Å². The lowest BCUT2D eigenvalue weighted by molar-refractivity contribution is -0.384. The van der Waals surface area contributed by atoms with Crippen molar-refractivity contribution in [2.24, 2.45) is 5.10 Å². The van der Waals surface area contributed by atoms with Crippen molar-refractivity contribution in [3.63, 3.8) is 0 Å². The van der Waals surface area contributed by atoms with Gasteiger partial charge in [-0.1, -0.05) is 58.4 Å². The van der Waals surface area contributed by atoms with Crippen LogP contribution in [0.2, 0.25) is 0 Å². The van der Waals surface area contributed by atoms with Crippen LogP contribution in [0.1, 0.15) is 27.0 Å². The molecule has 0 spiro atoms. The molecule has 0 saturated carbocycles. The fourth-order valence-electron chi connectivity index (χ4n) is 3.55. The summed E-state index contributed by atoms with van der Waals surface area (Å²) in [6.07, 6.45) is 1.44. The number of nitro groups is 1. The minimum atomic E-state index is -0.575. The van der Waals surface area contributed by atoms with Gasteiger partial charge in [0.15, 0.2) is 11.5 Å². The van der Waals surface area contributed by atoms with Crippen molar-refractivity contribution in [2.45, 2.75) is 13.2 Å². The van der Waals surface area contributed by atoms with Gasteiger partial charge in [-0.15, -0.1) is 0 Å². The Kier molecular flexibility index (Phi) is 9.25. The van der Waals surface area contributed by atoms with Gasteiger partial charge in [0.25, 0.3) is 11.6 Å². The van der Waals surface area contributed by atoms with Gasteiger partial charge in [0.1, 0.15) is 19.0 Å². The van der Waals surface area contributed by atoms with E-state index in [4.69, 9.17) is 14.2 Å². The van der Waals surface area contributed by atoms with E-state index in [2.05, 4.69) is 26.5 Å². The molecule has 0 aliphatic heterocycles. The van der Waals surface area contributed by atoms with E-state index in [1.165, 1.54) is 30.5 Å². The van der Waals surface area contributed by atoms with Crippen LogP contribution in [0.25, 0.3) is 0 Å². The fraction of sp³-hybridized carbons (Fsp3) is 0.103. The van der Waals surface area contributed by atoms with E-state index in [-0.39, 0.29) is 17.9 Å². The first-order valence-corrected chi connectivity index (χ1v) is 12.6. The van der Waals surface area contributed by atoms with E-state index in [0.29, 0.717) is 29.4 Å². The molecule has 10 heteroatoms. The molecule has 4 rings (SSSR count). The smallest absolute Gasteiger partial charge is 0.271 e. The highest BCUT2D eigenvalue weighted by Crippen LogP contribution is 2.30. The molecule has 0 radical (unpaired) electrons. The summed E-state index contributed by atoms with van der Waals surface area (Å²) in [5.74, 6) is 1.18. The van der Waals surface area contributed by atoms with Crippen LogP contribution < -0.4 is 19.6 Å². The third-order valence-electron chi connectivity index (χ3n) is 5.52. The minimum absolute atomic E-state index is 0.122. The summed E-state index contributed by atoms with van der Waals surface area (Å²) in [5.41, 5.74) is 4.86. The van der Waals surface area contributed by atoms with E-state index in [0.717, 1.165) is 15.6 Å². The molecule has 0 atom stereocenters. The molecule has 198 valence electrons. The van der Waals surface area contributed by atoms with Crippen molar-refractivity contribution in [3.05, 3.63) is 128 Å². The number of nitrogens with one attached hydrogen (secondary N) is 1. The monoisotopic (exact) mass is 589 g/mol. The lowest BCUT2D eigenvalue weighted by atomic mass is 10.2. The molecule has 4 aromatic carbocycles. The summed E-state index contributed by atoms with van der Waals surface area (Å²) in [4.78, 5) is 22.8. The Morgan fingerprint density at radius 1 is 0.897 bits per heavy atom. The first-order chi connectivity index (χ1) is 18.9. The van der Waals surface area contributed by atoms with E-state index < -0.39 is 10.8 Å². The standard InChI is InChI=1S/C29H24BrN3O6/c1-37-28-14-21(10-12-27(28)39-18-20-6-3-2-4-7-20)19-38-26-13-11-24(30)15-23(26)17-31-32-29(34)22-8-5-9-25(16-22)33(35)36/h2-17H,18-19H2,1H3,(H,32,34)/b31-17+. The molecular weight excluding hydrogens is 566 g/mol. The zero-order valence-electron chi connectivity index (χ0n) is 20.9. The molecule has 0 unspecified atom stereocenters. The van der Waals surface area contributed by atoms with Crippen molar-refractivity contribution in [1.29, 1.82) is 0 Å². The topological polar surface area (TPSA) is 112 Å².